The average Bonchev–Trinajstić information content (AvgIpc) is 2.33. The number of benzene rings is 1. The summed E-state index contributed by atoms with van der Waals surface area (Å²) in [6.45, 7) is 0. The maximum atomic E-state index is 12.1. The Bertz CT molecular complexity index is 471. The SMILES string of the molecule is FC(F)(F)Oc1ccc(OC2C=CCCC2)cc1Br. The van der Waals surface area contributed by atoms with Crippen molar-refractivity contribution in [2.45, 2.75) is 31.7 Å². The highest BCUT2D eigenvalue weighted by Crippen LogP contribution is 2.33. The Balaban J connectivity index is 2.06. The molecule has 0 amide bonds. The predicted molar refractivity (Wildman–Crippen MR) is 68.2 cm³/mol. The van der Waals surface area contributed by atoms with E-state index < -0.39 is 6.36 Å². The van der Waals surface area contributed by atoms with Crippen LogP contribution in [0.15, 0.2) is 34.8 Å². The largest absolute Gasteiger partial charge is 0.573 e. The first-order valence-electron chi connectivity index (χ1n) is 5.83. The van der Waals surface area contributed by atoms with E-state index in [2.05, 4.69) is 20.7 Å². The number of allylic oxidation sites excluding steroid dienone is 1. The molecule has 1 aromatic carbocycles. The van der Waals surface area contributed by atoms with Gasteiger partial charge in [0.25, 0.3) is 0 Å². The molecule has 0 aromatic heterocycles. The molecule has 0 saturated carbocycles. The van der Waals surface area contributed by atoms with Gasteiger partial charge in [-0.1, -0.05) is 6.08 Å². The van der Waals surface area contributed by atoms with E-state index in [9.17, 15) is 13.2 Å². The molecule has 6 heteroatoms. The van der Waals surface area contributed by atoms with Crippen LogP contribution < -0.4 is 9.47 Å². The van der Waals surface area contributed by atoms with Crippen LogP contribution in [0, 0.1) is 0 Å². The van der Waals surface area contributed by atoms with E-state index in [0.29, 0.717) is 5.75 Å². The lowest BCUT2D eigenvalue weighted by Gasteiger charge is -2.19. The van der Waals surface area contributed by atoms with E-state index in [4.69, 9.17) is 4.74 Å². The van der Waals surface area contributed by atoms with Gasteiger partial charge in [-0.05, 0) is 59.5 Å². The number of ether oxygens (including phenoxy) is 2. The summed E-state index contributed by atoms with van der Waals surface area (Å²) in [5.41, 5.74) is 0. The Morgan fingerprint density at radius 3 is 2.63 bits per heavy atom. The normalized spacial score (nSPS) is 19.3. The van der Waals surface area contributed by atoms with Gasteiger partial charge in [-0.2, -0.15) is 0 Å². The van der Waals surface area contributed by atoms with Crippen molar-refractivity contribution in [3.63, 3.8) is 0 Å². The molecule has 1 aliphatic carbocycles. The van der Waals surface area contributed by atoms with Crippen LogP contribution in [0.5, 0.6) is 11.5 Å². The standard InChI is InChI=1S/C13H12BrF3O2/c14-11-8-10(18-9-4-2-1-3-5-9)6-7-12(11)19-13(15,16)17/h2,4,6-9H,1,3,5H2. The molecular weight excluding hydrogens is 325 g/mol. The highest BCUT2D eigenvalue weighted by atomic mass is 79.9. The third-order valence-corrected chi connectivity index (χ3v) is 3.25. The molecule has 2 nitrogen and oxygen atoms in total. The zero-order valence-corrected chi connectivity index (χ0v) is 11.5. The van der Waals surface area contributed by atoms with Crippen LogP contribution in [0.3, 0.4) is 0 Å². The Hall–Kier alpha value is -1.17. The first kappa shape index (κ1) is 14.2. The zero-order valence-electron chi connectivity index (χ0n) is 9.91. The Morgan fingerprint density at radius 2 is 2.05 bits per heavy atom. The lowest BCUT2D eigenvalue weighted by Crippen LogP contribution is -2.18. The van der Waals surface area contributed by atoms with Gasteiger partial charge in [0.05, 0.1) is 4.47 Å². The molecule has 19 heavy (non-hydrogen) atoms. The molecule has 0 N–H and O–H groups in total. The topological polar surface area (TPSA) is 18.5 Å². The molecule has 1 atom stereocenters. The van der Waals surface area contributed by atoms with Gasteiger partial charge in [0, 0.05) is 0 Å². The van der Waals surface area contributed by atoms with Crippen LogP contribution in [0.2, 0.25) is 0 Å². The van der Waals surface area contributed by atoms with Crippen molar-refractivity contribution in [1.82, 2.24) is 0 Å². The Kier molecular flexibility index (Phi) is 4.39. The van der Waals surface area contributed by atoms with Crippen LogP contribution in [-0.4, -0.2) is 12.5 Å². The number of alkyl halides is 3. The summed E-state index contributed by atoms with van der Waals surface area (Å²) in [5, 5.41) is 0. The molecule has 104 valence electrons. The van der Waals surface area contributed by atoms with Gasteiger partial charge in [0.15, 0.2) is 0 Å². The van der Waals surface area contributed by atoms with Gasteiger partial charge in [0.2, 0.25) is 0 Å². The third-order valence-electron chi connectivity index (χ3n) is 2.63. The lowest BCUT2D eigenvalue weighted by molar-refractivity contribution is -0.274. The van der Waals surface area contributed by atoms with Gasteiger partial charge in [-0.25, -0.2) is 0 Å². The third kappa shape index (κ3) is 4.45. The lowest BCUT2D eigenvalue weighted by atomic mass is 10.1. The Morgan fingerprint density at radius 1 is 1.26 bits per heavy atom. The van der Waals surface area contributed by atoms with Crippen molar-refractivity contribution in [3.8, 4) is 11.5 Å². The first-order valence-corrected chi connectivity index (χ1v) is 6.62. The fraction of sp³-hybridized carbons (Fsp3) is 0.385. The summed E-state index contributed by atoms with van der Waals surface area (Å²) in [7, 11) is 0. The molecule has 0 spiro atoms. The minimum absolute atomic E-state index is 0.0185. The molecule has 0 heterocycles. The van der Waals surface area contributed by atoms with Gasteiger partial charge >= 0.3 is 6.36 Å². The van der Waals surface area contributed by atoms with Gasteiger partial charge in [0.1, 0.15) is 17.6 Å². The van der Waals surface area contributed by atoms with Crippen molar-refractivity contribution < 1.29 is 22.6 Å². The second kappa shape index (κ2) is 5.86. The van der Waals surface area contributed by atoms with Gasteiger partial charge < -0.3 is 9.47 Å². The summed E-state index contributed by atoms with van der Waals surface area (Å²) in [4.78, 5) is 0. The monoisotopic (exact) mass is 336 g/mol. The van der Waals surface area contributed by atoms with E-state index >= 15 is 0 Å². The number of halogens is 4. The first-order chi connectivity index (χ1) is 8.94. The number of rotatable bonds is 3. The maximum Gasteiger partial charge on any atom is 0.573 e. The van der Waals surface area contributed by atoms with E-state index in [-0.39, 0.29) is 16.3 Å². The van der Waals surface area contributed by atoms with Crippen LogP contribution in [0.25, 0.3) is 0 Å². The van der Waals surface area contributed by atoms with Crippen LogP contribution in [-0.2, 0) is 0 Å². The molecule has 1 aliphatic rings. The quantitative estimate of drug-likeness (QED) is 0.735. The van der Waals surface area contributed by atoms with Crippen LogP contribution in [0.4, 0.5) is 13.2 Å². The van der Waals surface area contributed by atoms with E-state index in [1.54, 1.807) is 0 Å². The van der Waals surface area contributed by atoms with Crippen molar-refractivity contribution in [3.05, 3.63) is 34.8 Å². The fourth-order valence-corrected chi connectivity index (χ4v) is 2.26. The van der Waals surface area contributed by atoms with Crippen molar-refractivity contribution >= 4 is 15.9 Å². The van der Waals surface area contributed by atoms with Gasteiger partial charge in [-0.15, -0.1) is 13.2 Å². The Labute approximate surface area is 117 Å². The summed E-state index contributed by atoms with van der Waals surface area (Å²) in [5.74, 6) is 0.233. The molecule has 1 aromatic rings. The molecule has 0 fully saturated rings. The zero-order chi connectivity index (χ0) is 13.9. The number of hydrogen-bond donors (Lipinski definition) is 0. The van der Waals surface area contributed by atoms with Crippen LogP contribution >= 0.6 is 15.9 Å². The molecular formula is C13H12BrF3O2. The van der Waals surface area contributed by atoms with Crippen molar-refractivity contribution in [2.75, 3.05) is 0 Å². The summed E-state index contributed by atoms with van der Waals surface area (Å²) >= 11 is 3.04. The average molecular weight is 337 g/mol. The molecule has 0 bridgehead atoms. The predicted octanol–water partition coefficient (Wildman–Crippen LogP) is 4.84. The van der Waals surface area contributed by atoms with Crippen molar-refractivity contribution in [1.29, 1.82) is 0 Å². The number of hydrogen-bond acceptors (Lipinski definition) is 2. The smallest absolute Gasteiger partial charge is 0.486 e. The van der Waals surface area contributed by atoms with Crippen LogP contribution in [0.1, 0.15) is 19.3 Å². The highest BCUT2D eigenvalue weighted by molar-refractivity contribution is 9.10. The minimum Gasteiger partial charge on any atom is -0.486 e. The second-order valence-corrected chi connectivity index (χ2v) is 5.01. The molecule has 0 aliphatic heterocycles. The van der Waals surface area contributed by atoms with Crippen molar-refractivity contribution in [2.24, 2.45) is 0 Å². The minimum atomic E-state index is -4.70. The highest BCUT2D eigenvalue weighted by Gasteiger charge is 2.32. The van der Waals surface area contributed by atoms with E-state index in [1.165, 1.54) is 18.2 Å². The molecule has 2 rings (SSSR count). The van der Waals surface area contributed by atoms with Gasteiger partial charge in [-0.3, -0.25) is 0 Å². The fourth-order valence-electron chi connectivity index (χ4n) is 1.82. The summed E-state index contributed by atoms with van der Waals surface area (Å²) in [6.07, 6.45) is 2.31. The maximum absolute atomic E-state index is 12.1. The molecule has 0 radical (unpaired) electrons. The summed E-state index contributed by atoms with van der Waals surface area (Å²) in [6, 6.07) is 4.18. The second-order valence-electron chi connectivity index (χ2n) is 4.16. The van der Waals surface area contributed by atoms with E-state index in [1.807, 2.05) is 12.2 Å². The molecule has 0 saturated heterocycles. The van der Waals surface area contributed by atoms with E-state index in [0.717, 1.165) is 19.3 Å². The summed E-state index contributed by atoms with van der Waals surface area (Å²) < 4.78 is 46.1. The molecule has 1 unspecified atom stereocenters.